The van der Waals surface area contributed by atoms with Gasteiger partial charge < -0.3 is 9.47 Å². The average Bonchev–Trinajstić information content (AvgIpc) is 3.24. The van der Waals surface area contributed by atoms with E-state index in [0.29, 0.717) is 17.2 Å². The van der Waals surface area contributed by atoms with E-state index in [-0.39, 0.29) is 34.0 Å². The molecule has 0 spiro atoms. The summed E-state index contributed by atoms with van der Waals surface area (Å²) >= 11 is 1.31. The molecule has 2 aromatic carbocycles. The Labute approximate surface area is 207 Å². The van der Waals surface area contributed by atoms with Crippen LogP contribution in [-0.4, -0.2) is 38.7 Å². The molecule has 2 fully saturated rings. The monoisotopic (exact) mass is 501 g/mol. The lowest BCUT2D eigenvalue weighted by Crippen LogP contribution is -2.38. The van der Waals surface area contributed by atoms with Crippen LogP contribution < -0.4 is 0 Å². The van der Waals surface area contributed by atoms with Crippen LogP contribution in [-0.2, 0) is 17.5 Å². The fourth-order valence-corrected chi connectivity index (χ4v) is 7.17. The number of imidazole rings is 1. The summed E-state index contributed by atoms with van der Waals surface area (Å²) in [5.74, 6) is 0.299. The number of hydrogen-bond acceptors (Lipinski definition) is 3. The van der Waals surface area contributed by atoms with Crippen LogP contribution in [0, 0.1) is 10.8 Å². The van der Waals surface area contributed by atoms with Gasteiger partial charge in [0.05, 0.1) is 28.9 Å². The van der Waals surface area contributed by atoms with E-state index in [9.17, 15) is 18.0 Å². The van der Waals surface area contributed by atoms with Crippen LogP contribution in [0.5, 0.6) is 0 Å². The van der Waals surface area contributed by atoms with E-state index < -0.39 is 11.7 Å². The van der Waals surface area contributed by atoms with Crippen molar-refractivity contribution in [3.63, 3.8) is 0 Å². The predicted molar refractivity (Wildman–Crippen MR) is 132 cm³/mol. The Morgan fingerprint density at radius 1 is 1.11 bits per heavy atom. The van der Waals surface area contributed by atoms with E-state index in [4.69, 9.17) is 0 Å². The highest BCUT2D eigenvalue weighted by molar-refractivity contribution is 7.99. The molecule has 1 amide bonds. The van der Waals surface area contributed by atoms with Gasteiger partial charge in [0.2, 0.25) is 5.91 Å². The standard InChI is InChI=1S/C27H30F3N3OS/c1-25(2)12-20-13-26(3,16-25)17-33(20)23(34)15-35-24-31-21-11-19(27(28,29)30)9-10-22(21)32(24)14-18-7-5-4-6-8-18/h4-11,20H,12-17H2,1-3H3/t20-,26-/m0/s1. The van der Waals surface area contributed by atoms with Gasteiger partial charge in [-0.1, -0.05) is 62.9 Å². The summed E-state index contributed by atoms with van der Waals surface area (Å²) in [7, 11) is 0. The number of halogens is 3. The molecule has 0 radical (unpaired) electrons. The Balaban J connectivity index is 1.41. The zero-order valence-electron chi connectivity index (χ0n) is 20.2. The quantitative estimate of drug-likeness (QED) is 0.369. The molecule has 35 heavy (non-hydrogen) atoms. The molecule has 2 aliphatic rings. The second kappa shape index (κ2) is 8.57. The molecule has 1 saturated carbocycles. The van der Waals surface area contributed by atoms with Gasteiger partial charge in [0.15, 0.2) is 5.16 Å². The van der Waals surface area contributed by atoms with Crippen LogP contribution in [0.1, 0.15) is 51.2 Å². The molecule has 0 unspecified atom stereocenters. The molecule has 8 heteroatoms. The predicted octanol–water partition coefficient (Wildman–Crippen LogP) is 6.62. The van der Waals surface area contributed by atoms with Gasteiger partial charge in [-0.15, -0.1) is 0 Å². The summed E-state index contributed by atoms with van der Waals surface area (Å²) in [4.78, 5) is 19.9. The van der Waals surface area contributed by atoms with Crippen molar-refractivity contribution in [2.45, 2.75) is 64.0 Å². The van der Waals surface area contributed by atoms with Gasteiger partial charge in [0.1, 0.15) is 0 Å². The maximum atomic E-state index is 13.3. The Kier molecular flexibility index (Phi) is 5.93. The Hall–Kier alpha value is -2.48. The van der Waals surface area contributed by atoms with Crippen molar-refractivity contribution >= 4 is 28.7 Å². The minimum atomic E-state index is -4.43. The van der Waals surface area contributed by atoms with Crippen LogP contribution in [0.2, 0.25) is 0 Å². The first-order valence-electron chi connectivity index (χ1n) is 12.0. The molecule has 4 nitrogen and oxygen atoms in total. The smallest absolute Gasteiger partial charge is 0.338 e. The number of aromatic nitrogens is 2. The molecule has 1 aliphatic carbocycles. The van der Waals surface area contributed by atoms with Gasteiger partial charge in [-0.2, -0.15) is 13.2 Å². The highest BCUT2D eigenvalue weighted by Gasteiger charge is 2.50. The number of likely N-dealkylation sites (tertiary alicyclic amines) is 1. The second-order valence-corrected chi connectivity index (χ2v) is 12.1. The zero-order valence-corrected chi connectivity index (χ0v) is 21.0. The third-order valence-corrected chi connectivity index (χ3v) is 8.25. The fourth-order valence-electron chi connectivity index (χ4n) is 6.27. The van der Waals surface area contributed by atoms with Gasteiger partial charge >= 0.3 is 6.18 Å². The normalized spacial score (nSPS) is 23.7. The molecule has 2 bridgehead atoms. The molecule has 5 rings (SSSR count). The van der Waals surface area contributed by atoms with E-state index in [2.05, 4.69) is 25.8 Å². The SMILES string of the molecule is CC1(C)C[C@H]2C[C@](C)(CN2C(=O)CSc2nc3cc(C(F)(F)F)ccc3n2Cc2ccccc2)C1. The Bertz CT molecular complexity index is 1250. The summed E-state index contributed by atoms with van der Waals surface area (Å²) in [6.07, 6.45) is -1.27. The lowest BCUT2D eigenvalue weighted by Gasteiger charge is -2.39. The Morgan fingerprint density at radius 2 is 1.86 bits per heavy atom. The van der Waals surface area contributed by atoms with Gasteiger partial charge in [-0.3, -0.25) is 4.79 Å². The van der Waals surface area contributed by atoms with Crippen molar-refractivity contribution in [2.24, 2.45) is 10.8 Å². The first-order chi connectivity index (χ1) is 16.4. The molecule has 1 aliphatic heterocycles. The molecule has 1 aromatic heterocycles. The molecular formula is C27H30F3N3OS. The molecule has 0 N–H and O–H groups in total. The lowest BCUT2D eigenvalue weighted by molar-refractivity contribution is -0.137. The fraction of sp³-hybridized carbons (Fsp3) is 0.481. The summed E-state index contributed by atoms with van der Waals surface area (Å²) in [5.41, 5.74) is 1.59. The number of amides is 1. The van der Waals surface area contributed by atoms with Gasteiger partial charge in [-0.05, 0) is 53.9 Å². The number of carbonyl (C=O) groups excluding carboxylic acids is 1. The van der Waals surface area contributed by atoms with Crippen molar-refractivity contribution in [1.82, 2.24) is 14.5 Å². The van der Waals surface area contributed by atoms with E-state index in [1.165, 1.54) is 17.8 Å². The van der Waals surface area contributed by atoms with Crippen molar-refractivity contribution in [3.8, 4) is 0 Å². The third kappa shape index (κ3) is 4.95. The largest absolute Gasteiger partial charge is 0.416 e. The van der Waals surface area contributed by atoms with Crippen molar-refractivity contribution in [1.29, 1.82) is 0 Å². The van der Waals surface area contributed by atoms with Gasteiger partial charge in [0, 0.05) is 12.6 Å². The van der Waals surface area contributed by atoms with Crippen LogP contribution in [0.4, 0.5) is 13.2 Å². The van der Waals surface area contributed by atoms with Crippen LogP contribution >= 0.6 is 11.8 Å². The Morgan fingerprint density at radius 3 is 2.57 bits per heavy atom. The molecular weight excluding hydrogens is 471 g/mol. The van der Waals surface area contributed by atoms with E-state index in [1.807, 2.05) is 39.8 Å². The molecule has 186 valence electrons. The number of benzene rings is 2. The summed E-state index contributed by atoms with van der Waals surface area (Å²) in [5, 5.41) is 0.560. The van der Waals surface area contributed by atoms with Crippen molar-refractivity contribution in [3.05, 3.63) is 59.7 Å². The molecule has 1 saturated heterocycles. The van der Waals surface area contributed by atoms with E-state index in [0.717, 1.165) is 43.5 Å². The van der Waals surface area contributed by atoms with Crippen molar-refractivity contribution < 1.29 is 18.0 Å². The number of hydrogen-bond donors (Lipinski definition) is 0. The highest BCUT2D eigenvalue weighted by Crippen LogP contribution is 2.52. The summed E-state index contributed by atoms with van der Waals surface area (Å²) in [6, 6.07) is 13.7. The van der Waals surface area contributed by atoms with E-state index >= 15 is 0 Å². The number of carbonyl (C=O) groups is 1. The number of fused-ring (bicyclic) bond motifs is 3. The first-order valence-corrected chi connectivity index (χ1v) is 12.9. The van der Waals surface area contributed by atoms with Crippen LogP contribution in [0.25, 0.3) is 11.0 Å². The lowest BCUT2D eigenvalue weighted by atomic mass is 9.65. The molecule has 2 heterocycles. The summed E-state index contributed by atoms with van der Waals surface area (Å²) in [6.45, 7) is 8.08. The molecule has 2 atom stereocenters. The zero-order chi connectivity index (χ0) is 25.0. The maximum Gasteiger partial charge on any atom is 0.416 e. The first kappa shape index (κ1) is 24.2. The topological polar surface area (TPSA) is 38.1 Å². The third-order valence-electron chi connectivity index (χ3n) is 7.28. The number of thioether (sulfide) groups is 1. The average molecular weight is 502 g/mol. The second-order valence-electron chi connectivity index (χ2n) is 11.2. The van der Waals surface area contributed by atoms with Gasteiger partial charge in [0.25, 0.3) is 0 Å². The highest BCUT2D eigenvalue weighted by atomic mass is 32.2. The number of rotatable bonds is 5. The minimum absolute atomic E-state index is 0.0794. The summed E-state index contributed by atoms with van der Waals surface area (Å²) < 4.78 is 41.8. The number of alkyl halides is 3. The van der Waals surface area contributed by atoms with Crippen LogP contribution in [0.3, 0.4) is 0 Å². The minimum Gasteiger partial charge on any atom is -0.338 e. The van der Waals surface area contributed by atoms with Crippen molar-refractivity contribution in [2.75, 3.05) is 12.3 Å². The maximum absolute atomic E-state index is 13.3. The van der Waals surface area contributed by atoms with Crippen LogP contribution in [0.15, 0.2) is 53.7 Å². The van der Waals surface area contributed by atoms with E-state index in [1.54, 1.807) is 0 Å². The number of nitrogens with zero attached hydrogens (tertiary/aromatic N) is 3. The van der Waals surface area contributed by atoms with Gasteiger partial charge in [-0.25, -0.2) is 4.98 Å². The molecule has 3 aromatic rings.